The summed E-state index contributed by atoms with van der Waals surface area (Å²) in [4.78, 5) is 0. The third-order valence-electron chi connectivity index (χ3n) is 4.26. The number of hydrogen-bond acceptors (Lipinski definition) is 2. The van der Waals surface area contributed by atoms with Gasteiger partial charge in [-0.25, -0.2) is 8.42 Å². The molecule has 0 aromatic carbocycles. The SMILES string of the molecule is C[C@@]12CC[C@H]3C[C@]1(C)N2S3(=O)=O. The molecule has 0 N–H and O–H groups in total. The molecule has 1 unspecified atom stereocenters. The highest BCUT2D eigenvalue weighted by molar-refractivity contribution is 7.90. The number of nitrogens with zero attached hydrogens (tertiary/aromatic N) is 1. The molecule has 1 aliphatic carbocycles. The van der Waals surface area contributed by atoms with E-state index in [1.54, 1.807) is 4.31 Å². The molecule has 4 aliphatic rings. The van der Waals surface area contributed by atoms with Gasteiger partial charge in [-0.1, -0.05) is 0 Å². The molecule has 4 fully saturated rings. The molecule has 3 heterocycles. The fraction of sp³-hybridized carbons (Fsp3) is 1.00. The second kappa shape index (κ2) is 1.48. The summed E-state index contributed by atoms with van der Waals surface area (Å²) in [6.07, 6.45) is 2.81. The largest absolute Gasteiger partial charge is 0.218 e. The third-order valence-corrected chi connectivity index (χ3v) is 6.82. The van der Waals surface area contributed by atoms with E-state index in [1.165, 1.54) is 0 Å². The fourth-order valence-corrected chi connectivity index (χ4v) is 6.21. The zero-order valence-electron chi connectivity index (χ0n) is 7.37. The van der Waals surface area contributed by atoms with Gasteiger partial charge in [0.15, 0.2) is 0 Å². The molecule has 3 aliphatic heterocycles. The smallest absolute Gasteiger partial charge is 0.212 e. The van der Waals surface area contributed by atoms with E-state index >= 15 is 0 Å². The highest BCUT2D eigenvalue weighted by Gasteiger charge is 2.81. The van der Waals surface area contributed by atoms with Crippen LogP contribution in [0.15, 0.2) is 0 Å². The normalized spacial score (nSPS) is 64.8. The Bertz CT molecular complexity index is 355. The van der Waals surface area contributed by atoms with E-state index in [0.29, 0.717) is 0 Å². The second-order valence-electron chi connectivity index (χ2n) is 4.72. The van der Waals surface area contributed by atoms with Gasteiger partial charge in [0.05, 0.1) is 16.3 Å². The van der Waals surface area contributed by atoms with Gasteiger partial charge in [-0.3, -0.25) is 0 Å². The monoisotopic (exact) mass is 187 g/mol. The Balaban J connectivity index is 2.23. The second-order valence-corrected chi connectivity index (χ2v) is 6.78. The minimum atomic E-state index is -2.88. The Morgan fingerprint density at radius 3 is 2.33 bits per heavy atom. The first kappa shape index (κ1) is 7.33. The number of fused-ring (bicyclic) bond motifs is 1. The highest BCUT2D eigenvalue weighted by atomic mass is 32.2. The molecule has 3 nitrogen and oxygen atoms in total. The van der Waals surface area contributed by atoms with E-state index in [1.807, 2.05) is 0 Å². The summed E-state index contributed by atoms with van der Waals surface area (Å²) in [7, 11) is -2.88. The van der Waals surface area contributed by atoms with Gasteiger partial charge in [-0.15, -0.1) is 0 Å². The maximum absolute atomic E-state index is 11.7. The summed E-state index contributed by atoms with van der Waals surface area (Å²) >= 11 is 0. The van der Waals surface area contributed by atoms with Crippen LogP contribution in [0.4, 0.5) is 0 Å². The molecule has 0 amide bonds. The lowest BCUT2D eigenvalue weighted by Gasteiger charge is -2.28. The standard InChI is InChI=1S/C8H13NO2S/c1-7-4-3-6-5-8(7,2)9(7)12(6,10)11/h6H,3-5H2,1-2H3/t6-,7+,8-,9?/m0/s1. The minimum Gasteiger partial charge on any atom is -0.212 e. The lowest BCUT2D eigenvalue weighted by Crippen LogP contribution is -2.39. The average molecular weight is 187 g/mol. The molecular formula is C8H13NO2S. The van der Waals surface area contributed by atoms with Crippen LogP contribution in [0.2, 0.25) is 0 Å². The molecule has 0 aromatic heterocycles. The predicted molar refractivity (Wildman–Crippen MR) is 45.2 cm³/mol. The van der Waals surface area contributed by atoms with Crippen molar-refractivity contribution in [2.45, 2.75) is 49.4 Å². The van der Waals surface area contributed by atoms with Crippen molar-refractivity contribution in [3.05, 3.63) is 0 Å². The zero-order valence-corrected chi connectivity index (χ0v) is 8.19. The van der Waals surface area contributed by atoms with Crippen LogP contribution < -0.4 is 0 Å². The summed E-state index contributed by atoms with van der Waals surface area (Å²) in [6.45, 7) is 4.17. The molecule has 4 bridgehead atoms. The first-order valence-corrected chi connectivity index (χ1v) is 5.98. The van der Waals surface area contributed by atoms with E-state index in [0.717, 1.165) is 19.3 Å². The van der Waals surface area contributed by atoms with Gasteiger partial charge in [-0.05, 0) is 33.1 Å². The topological polar surface area (TPSA) is 37.1 Å². The molecule has 1 saturated carbocycles. The van der Waals surface area contributed by atoms with Gasteiger partial charge < -0.3 is 0 Å². The van der Waals surface area contributed by atoms with Crippen LogP contribution >= 0.6 is 0 Å². The Hall–Kier alpha value is -0.0900. The summed E-state index contributed by atoms with van der Waals surface area (Å²) in [6, 6.07) is 0. The molecule has 0 spiro atoms. The third kappa shape index (κ3) is 0.448. The van der Waals surface area contributed by atoms with Gasteiger partial charge in [0.1, 0.15) is 0 Å². The molecule has 4 heteroatoms. The molecule has 12 heavy (non-hydrogen) atoms. The van der Waals surface area contributed by atoms with Crippen LogP contribution in [0.25, 0.3) is 0 Å². The molecular weight excluding hydrogens is 174 g/mol. The van der Waals surface area contributed by atoms with Crippen LogP contribution in [-0.4, -0.2) is 29.1 Å². The van der Waals surface area contributed by atoms with Crippen molar-refractivity contribution in [1.29, 1.82) is 0 Å². The Morgan fingerprint density at radius 1 is 1.33 bits per heavy atom. The first-order chi connectivity index (χ1) is 5.43. The van der Waals surface area contributed by atoms with E-state index in [4.69, 9.17) is 0 Å². The minimum absolute atomic E-state index is 0.00521. The summed E-state index contributed by atoms with van der Waals surface area (Å²) in [5.74, 6) is 0. The van der Waals surface area contributed by atoms with E-state index < -0.39 is 10.0 Å². The van der Waals surface area contributed by atoms with Gasteiger partial charge in [-0.2, -0.15) is 4.31 Å². The molecule has 3 saturated heterocycles. The van der Waals surface area contributed by atoms with Crippen molar-refractivity contribution in [3.63, 3.8) is 0 Å². The summed E-state index contributed by atoms with van der Waals surface area (Å²) in [5, 5.41) is -0.0516. The Kier molecular flexibility index (Phi) is 0.903. The molecule has 0 aromatic rings. The van der Waals surface area contributed by atoms with Crippen LogP contribution in [-0.2, 0) is 10.0 Å². The van der Waals surface area contributed by atoms with Crippen LogP contribution in [0.5, 0.6) is 0 Å². The molecule has 68 valence electrons. The zero-order chi connectivity index (χ0) is 8.78. The van der Waals surface area contributed by atoms with Crippen molar-refractivity contribution in [3.8, 4) is 0 Å². The van der Waals surface area contributed by atoms with Crippen molar-refractivity contribution >= 4 is 10.0 Å². The van der Waals surface area contributed by atoms with Gasteiger partial charge in [0, 0.05) is 0 Å². The summed E-state index contributed by atoms with van der Waals surface area (Å²) in [5.41, 5.74) is -0.0185. The highest BCUT2D eigenvalue weighted by Crippen LogP contribution is 2.68. The van der Waals surface area contributed by atoms with Gasteiger partial charge in [0.25, 0.3) is 0 Å². The molecule has 4 rings (SSSR count). The maximum Gasteiger partial charge on any atom is 0.218 e. The fourth-order valence-electron chi connectivity index (χ4n) is 3.32. The van der Waals surface area contributed by atoms with E-state index in [-0.39, 0.29) is 16.3 Å². The van der Waals surface area contributed by atoms with Gasteiger partial charge >= 0.3 is 0 Å². The summed E-state index contributed by atoms with van der Waals surface area (Å²) < 4.78 is 25.2. The van der Waals surface area contributed by atoms with Crippen LogP contribution in [0.3, 0.4) is 0 Å². The van der Waals surface area contributed by atoms with E-state index in [9.17, 15) is 8.42 Å². The van der Waals surface area contributed by atoms with Crippen molar-refractivity contribution < 1.29 is 8.42 Å². The maximum atomic E-state index is 11.7. The Labute approximate surface area is 72.8 Å². The van der Waals surface area contributed by atoms with Crippen molar-refractivity contribution in [2.75, 3.05) is 0 Å². The molecule has 4 atom stereocenters. The lowest BCUT2D eigenvalue weighted by molar-refractivity contribution is 0.392. The molecule has 0 radical (unpaired) electrons. The van der Waals surface area contributed by atoms with Crippen LogP contribution in [0, 0.1) is 0 Å². The predicted octanol–water partition coefficient (Wildman–Crippen LogP) is 0.715. The quantitative estimate of drug-likeness (QED) is 0.524. The number of hydrogen-bond donors (Lipinski definition) is 0. The average Bonchev–Trinajstić information content (AvgIpc) is 2.36. The lowest BCUT2D eigenvalue weighted by atomic mass is 9.81. The van der Waals surface area contributed by atoms with Crippen LogP contribution in [0.1, 0.15) is 33.1 Å². The number of rotatable bonds is 0. The van der Waals surface area contributed by atoms with Crippen molar-refractivity contribution in [1.82, 2.24) is 4.31 Å². The van der Waals surface area contributed by atoms with Gasteiger partial charge in [0.2, 0.25) is 10.0 Å². The van der Waals surface area contributed by atoms with Crippen molar-refractivity contribution in [2.24, 2.45) is 0 Å². The first-order valence-electron chi connectivity index (χ1n) is 4.47. The number of sulfonamides is 1. The van der Waals surface area contributed by atoms with E-state index in [2.05, 4.69) is 13.8 Å². The Morgan fingerprint density at radius 2 is 2.00 bits per heavy atom.